The molecule has 0 unspecified atom stereocenters. The molecule has 1 heterocycles. The summed E-state index contributed by atoms with van der Waals surface area (Å²) >= 11 is 2.80. The van der Waals surface area contributed by atoms with Gasteiger partial charge in [-0.25, -0.2) is 4.39 Å². The molecule has 0 saturated carbocycles. The Bertz CT molecular complexity index is 1090. The molecule has 0 aliphatic heterocycles. The molecule has 1 aromatic heterocycles. The fraction of sp³-hybridized carbons (Fsp3) is 0.238. The van der Waals surface area contributed by atoms with Gasteiger partial charge in [-0.2, -0.15) is 0 Å². The summed E-state index contributed by atoms with van der Waals surface area (Å²) in [5.74, 6) is -0.618. The van der Waals surface area contributed by atoms with E-state index in [4.69, 9.17) is 0 Å². The number of hydrogen-bond acceptors (Lipinski definition) is 6. The molecule has 0 aliphatic rings. The highest BCUT2D eigenvalue weighted by molar-refractivity contribution is 7.99. The highest BCUT2D eigenvalue weighted by atomic mass is 32.2. The van der Waals surface area contributed by atoms with Crippen LogP contribution in [0.4, 0.5) is 10.1 Å². The Hall–Kier alpha value is -2.85. The number of thioether (sulfide) groups is 2. The molecule has 2 N–H and O–H groups in total. The monoisotopic (exact) mass is 459 g/mol. The molecular formula is C21H22FN5O2S2. The zero-order chi connectivity index (χ0) is 22.4. The van der Waals surface area contributed by atoms with Crippen molar-refractivity contribution in [3.63, 3.8) is 0 Å². The van der Waals surface area contributed by atoms with Gasteiger partial charge in [-0.15, -0.1) is 22.0 Å². The number of carbonyl (C=O) groups is 2. The van der Waals surface area contributed by atoms with Gasteiger partial charge in [0.05, 0.1) is 23.0 Å². The smallest absolute Gasteiger partial charge is 0.254 e. The zero-order valence-corrected chi connectivity index (χ0v) is 18.9. The lowest BCUT2D eigenvalue weighted by Gasteiger charge is -2.14. The van der Waals surface area contributed by atoms with Crippen LogP contribution in [0.5, 0.6) is 0 Å². The maximum atomic E-state index is 13.8. The van der Waals surface area contributed by atoms with Gasteiger partial charge in [0.25, 0.3) is 5.91 Å². The van der Waals surface area contributed by atoms with Crippen molar-refractivity contribution in [2.75, 3.05) is 17.3 Å². The Morgan fingerprint density at radius 2 is 1.84 bits per heavy atom. The minimum atomic E-state index is -0.588. The van der Waals surface area contributed by atoms with Gasteiger partial charge in [0.15, 0.2) is 11.0 Å². The van der Waals surface area contributed by atoms with E-state index in [-0.39, 0.29) is 17.2 Å². The quantitative estimate of drug-likeness (QED) is 0.497. The predicted molar refractivity (Wildman–Crippen MR) is 121 cm³/mol. The first-order valence-electron chi connectivity index (χ1n) is 9.41. The standard InChI is InChI=1S/C21H22FN5O2S2/c1-13(23-20(29)14-8-4-5-9-15(14)22)19-25-26-21(27(19)2)31-12-18(28)24-16-10-6-7-11-17(16)30-3/h4-11,13H,12H2,1-3H3,(H,23,29)(H,24,28)/t13-/m0/s1. The number of rotatable bonds is 8. The normalized spacial score (nSPS) is 11.7. The minimum absolute atomic E-state index is 0.0340. The summed E-state index contributed by atoms with van der Waals surface area (Å²) in [6.45, 7) is 1.74. The molecule has 2 aromatic carbocycles. The first-order chi connectivity index (χ1) is 14.9. The van der Waals surface area contributed by atoms with Gasteiger partial charge in [-0.05, 0) is 37.4 Å². The third kappa shape index (κ3) is 5.65. The van der Waals surface area contributed by atoms with Crippen LogP contribution in [0.3, 0.4) is 0 Å². The molecule has 7 nitrogen and oxygen atoms in total. The van der Waals surface area contributed by atoms with Crippen molar-refractivity contribution in [1.82, 2.24) is 20.1 Å². The largest absolute Gasteiger partial charge is 0.342 e. The minimum Gasteiger partial charge on any atom is -0.342 e. The lowest BCUT2D eigenvalue weighted by Crippen LogP contribution is -2.29. The molecule has 3 aromatic rings. The fourth-order valence-electron chi connectivity index (χ4n) is 2.88. The van der Waals surface area contributed by atoms with E-state index in [2.05, 4.69) is 20.8 Å². The van der Waals surface area contributed by atoms with Crippen molar-refractivity contribution in [2.45, 2.75) is 23.0 Å². The highest BCUT2D eigenvalue weighted by Crippen LogP contribution is 2.25. The van der Waals surface area contributed by atoms with Crippen LogP contribution in [0.1, 0.15) is 29.1 Å². The van der Waals surface area contributed by atoms with Crippen LogP contribution in [-0.4, -0.2) is 38.6 Å². The maximum Gasteiger partial charge on any atom is 0.254 e. The number of nitrogens with zero attached hydrogens (tertiary/aromatic N) is 3. The summed E-state index contributed by atoms with van der Waals surface area (Å²) in [4.78, 5) is 25.7. The lowest BCUT2D eigenvalue weighted by molar-refractivity contribution is -0.113. The number of halogens is 1. The summed E-state index contributed by atoms with van der Waals surface area (Å²) in [6.07, 6.45) is 1.95. The van der Waals surface area contributed by atoms with E-state index in [1.165, 1.54) is 30.0 Å². The Morgan fingerprint density at radius 1 is 1.13 bits per heavy atom. The Balaban J connectivity index is 1.60. The van der Waals surface area contributed by atoms with Gasteiger partial charge in [0.2, 0.25) is 5.91 Å². The molecule has 3 rings (SSSR count). The van der Waals surface area contributed by atoms with Crippen LogP contribution in [0.15, 0.2) is 58.6 Å². The Morgan fingerprint density at radius 3 is 2.58 bits per heavy atom. The van der Waals surface area contributed by atoms with Crippen molar-refractivity contribution >= 4 is 41.0 Å². The van der Waals surface area contributed by atoms with Crippen LogP contribution >= 0.6 is 23.5 Å². The molecule has 0 fully saturated rings. The number of nitrogens with one attached hydrogen (secondary N) is 2. The van der Waals surface area contributed by atoms with Crippen molar-refractivity contribution in [1.29, 1.82) is 0 Å². The first kappa shape index (κ1) is 22.8. The molecule has 2 amide bonds. The maximum absolute atomic E-state index is 13.8. The van der Waals surface area contributed by atoms with Gasteiger partial charge in [-0.3, -0.25) is 9.59 Å². The number of anilines is 1. The fourth-order valence-corrected chi connectivity index (χ4v) is 4.15. The van der Waals surface area contributed by atoms with E-state index in [0.29, 0.717) is 11.0 Å². The molecule has 0 radical (unpaired) electrons. The van der Waals surface area contributed by atoms with Gasteiger partial charge in [0.1, 0.15) is 5.82 Å². The van der Waals surface area contributed by atoms with Crippen molar-refractivity contribution in [3.05, 3.63) is 65.7 Å². The molecule has 162 valence electrons. The number of hydrogen-bond donors (Lipinski definition) is 2. The predicted octanol–water partition coefficient (Wildman–Crippen LogP) is 3.90. The number of carbonyl (C=O) groups excluding carboxylic acids is 2. The second-order valence-corrected chi connectivity index (χ2v) is 8.40. The van der Waals surface area contributed by atoms with Crippen molar-refractivity contribution in [3.8, 4) is 0 Å². The zero-order valence-electron chi connectivity index (χ0n) is 17.3. The van der Waals surface area contributed by atoms with Crippen LogP contribution in [0.2, 0.25) is 0 Å². The van der Waals surface area contributed by atoms with Crippen molar-refractivity contribution < 1.29 is 14.0 Å². The summed E-state index contributed by atoms with van der Waals surface area (Å²) in [5.41, 5.74) is 0.733. The number of benzene rings is 2. The van der Waals surface area contributed by atoms with Gasteiger partial charge < -0.3 is 15.2 Å². The van der Waals surface area contributed by atoms with Crippen LogP contribution in [0.25, 0.3) is 0 Å². The lowest BCUT2D eigenvalue weighted by atomic mass is 10.2. The Kier molecular flexibility index (Phi) is 7.69. The molecule has 0 saturated heterocycles. The van der Waals surface area contributed by atoms with E-state index in [1.54, 1.807) is 36.4 Å². The van der Waals surface area contributed by atoms with Gasteiger partial charge >= 0.3 is 0 Å². The number of aromatic nitrogens is 3. The summed E-state index contributed by atoms with van der Waals surface area (Å²) in [6, 6.07) is 12.9. The molecule has 0 bridgehead atoms. The number of amides is 2. The van der Waals surface area contributed by atoms with E-state index < -0.39 is 17.8 Å². The Labute approximate surface area is 188 Å². The highest BCUT2D eigenvalue weighted by Gasteiger charge is 2.20. The van der Waals surface area contributed by atoms with Gasteiger partial charge in [0, 0.05) is 11.9 Å². The molecule has 31 heavy (non-hydrogen) atoms. The summed E-state index contributed by atoms with van der Waals surface area (Å²) in [5, 5.41) is 14.4. The van der Waals surface area contributed by atoms with Gasteiger partial charge in [-0.1, -0.05) is 36.0 Å². The molecular weight excluding hydrogens is 437 g/mol. The van der Waals surface area contributed by atoms with E-state index in [9.17, 15) is 14.0 Å². The molecule has 10 heteroatoms. The molecule has 1 atom stereocenters. The SMILES string of the molecule is CSc1ccccc1NC(=O)CSc1nnc([C@H](C)NC(=O)c2ccccc2F)n1C. The number of para-hydroxylation sites is 1. The van der Waals surface area contributed by atoms with E-state index in [0.717, 1.165) is 10.6 Å². The van der Waals surface area contributed by atoms with E-state index >= 15 is 0 Å². The third-order valence-corrected chi connectivity index (χ3v) is 6.25. The third-order valence-electron chi connectivity index (χ3n) is 4.44. The average molecular weight is 460 g/mol. The van der Waals surface area contributed by atoms with Crippen LogP contribution in [-0.2, 0) is 11.8 Å². The molecule has 0 spiro atoms. The second kappa shape index (κ2) is 10.5. The summed E-state index contributed by atoms with van der Waals surface area (Å²) in [7, 11) is 1.75. The van der Waals surface area contributed by atoms with E-state index in [1.807, 2.05) is 30.5 Å². The first-order valence-corrected chi connectivity index (χ1v) is 11.6. The molecule has 0 aliphatic carbocycles. The summed E-state index contributed by atoms with van der Waals surface area (Å²) < 4.78 is 15.5. The topological polar surface area (TPSA) is 88.9 Å². The average Bonchev–Trinajstić information content (AvgIpc) is 3.13. The second-order valence-electron chi connectivity index (χ2n) is 6.61. The van der Waals surface area contributed by atoms with Crippen LogP contribution in [0, 0.1) is 5.82 Å². The van der Waals surface area contributed by atoms with Crippen molar-refractivity contribution in [2.24, 2.45) is 7.05 Å². The van der Waals surface area contributed by atoms with Crippen LogP contribution < -0.4 is 10.6 Å².